The van der Waals surface area contributed by atoms with Gasteiger partial charge in [-0.3, -0.25) is 4.79 Å². The second kappa shape index (κ2) is 7.19. The van der Waals surface area contributed by atoms with Gasteiger partial charge in [-0.2, -0.15) is 0 Å². The van der Waals surface area contributed by atoms with Gasteiger partial charge in [0.25, 0.3) is 0 Å². The second-order valence-electron chi connectivity index (χ2n) is 7.58. The lowest BCUT2D eigenvalue weighted by molar-refractivity contribution is -0.139. The highest BCUT2D eigenvalue weighted by atomic mass is 35.5. The smallest absolute Gasteiger partial charge is 0.228 e. The lowest BCUT2D eigenvalue weighted by Gasteiger charge is -2.29. The Morgan fingerprint density at radius 3 is 2.56 bits per heavy atom. The van der Waals surface area contributed by atoms with Gasteiger partial charge in [-0.15, -0.1) is 0 Å². The van der Waals surface area contributed by atoms with Crippen molar-refractivity contribution in [1.82, 2.24) is 4.90 Å². The quantitative estimate of drug-likeness (QED) is 0.904. The number of hydrogen-bond donors (Lipinski definition) is 1. The third kappa shape index (κ3) is 4.05. The molecule has 1 fully saturated rings. The molecule has 3 rings (SSSR count). The van der Waals surface area contributed by atoms with Crippen molar-refractivity contribution in [1.29, 1.82) is 0 Å². The molecule has 1 aliphatic heterocycles. The fourth-order valence-corrected chi connectivity index (χ4v) is 3.92. The molecule has 0 radical (unpaired) electrons. The van der Waals surface area contributed by atoms with E-state index in [9.17, 15) is 4.79 Å². The molecule has 2 aromatic carbocycles. The first kappa shape index (κ1) is 18.0. The van der Waals surface area contributed by atoms with E-state index in [2.05, 4.69) is 12.1 Å². The molecule has 4 heteroatoms. The zero-order valence-electron chi connectivity index (χ0n) is 14.8. The van der Waals surface area contributed by atoms with Crippen LogP contribution in [0, 0.1) is 5.41 Å². The molecule has 25 heavy (non-hydrogen) atoms. The maximum atomic E-state index is 13.1. The van der Waals surface area contributed by atoms with Gasteiger partial charge in [-0.05, 0) is 29.7 Å². The largest absolute Gasteiger partial charge is 0.340 e. The minimum absolute atomic E-state index is 0.0201. The molecular weight excluding hydrogens is 332 g/mol. The van der Waals surface area contributed by atoms with Gasteiger partial charge in [0.05, 0.1) is 0 Å². The van der Waals surface area contributed by atoms with Gasteiger partial charge in [-0.25, -0.2) is 0 Å². The van der Waals surface area contributed by atoms with E-state index in [-0.39, 0.29) is 17.9 Å². The van der Waals surface area contributed by atoms with Crippen LogP contribution in [0.3, 0.4) is 0 Å². The molecule has 1 heterocycles. The van der Waals surface area contributed by atoms with Gasteiger partial charge in [0.2, 0.25) is 5.91 Å². The zero-order valence-corrected chi connectivity index (χ0v) is 15.5. The Kier molecular flexibility index (Phi) is 5.16. The summed E-state index contributed by atoms with van der Waals surface area (Å²) in [4.78, 5) is 15.0. The number of likely N-dealkylation sites (tertiary alicyclic amines) is 1. The van der Waals surface area contributed by atoms with Crippen molar-refractivity contribution in [3.05, 3.63) is 70.7 Å². The average Bonchev–Trinajstić information content (AvgIpc) is 2.96. The van der Waals surface area contributed by atoms with E-state index in [0.29, 0.717) is 24.5 Å². The van der Waals surface area contributed by atoms with Crippen LogP contribution in [0.4, 0.5) is 0 Å². The van der Waals surface area contributed by atoms with Gasteiger partial charge >= 0.3 is 0 Å². The van der Waals surface area contributed by atoms with Crippen LogP contribution >= 0.6 is 11.6 Å². The molecule has 2 N–H and O–H groups in total. The molecular formula is C21H25ClN2O. The van der Waals surface area contributed by atoms with Crippen LogP contribution in [0.15, 0.2) is 54.6 Å². The Morgan fingerprint density at radius 1 is 1.16 bits per heavy atom. The number of hydrogen-bond acceptors (Lipinski definition) is 2. The standard InChI is InChI=1S/C21H25ClN2O/c1-21(2,12-15-7-6-10-17(22)11-15)20(25)24-13-18(19(23)14-24)16-8-4-3-5-9-16/h3-11,18-19H,12-14,23H2,1-2H3/t18-,19+/m0/s1. The van der Waals surface area contributed by atoms with Crippen molar-refractivity contribution in [3.63, 3.8) is 0 Å². The van der Waals surface area contributed by atoms with Crippen molar-refractivity contribution >= 4 is 17.5 Å². The van der Waals surface area contributed by atoms with Gasteiger partial charge in [0.15, 0.2) is 0 Å². The van der Waals surface area contributed by atoms with E-state index in [1.807, 2.05) is 61.2 Å². The Labute approximate surface area is 154 Å². The van der Waals surface area contributed by atoms with E-state index in [0.717, 1.165) is 5.56 Å². The predicted octanol–water partition coefficient (Wildman–Crippen LogP) is 3.86. The summed E-state index contributed by atoms with van der Waals surface area (Å²) in [6.07, 6.45) is 0.661. The van der Waals surface area contributed by atoms with E-state index < -0.39 is 5.41 Å². The molecule has 1 saturated heterocycles. The monoisotopic (exact) mass is 356 g/mol. The Balaban J connectivity index is 1.72. The Bertz CT molecular complexity index is 745. The van der Waals surface area contributed by atoms with Crippen molar-refractivity contribution in [2.45, 2.75) is 32.2 Å². The van der Waals surface area contributed by atoms with Gasteiger partial charge in [0, 0.05) is 35.5 Å². The van der Waals surface area contributed by atoms with Crippen molar-refractivity contribution in [2.75, 3.05) is 13.1 Å². The summed E-state index contributed by atoms with van der Waals surface area (Å²) >= 11 is 6.07. The van der Waals surface area contributed by atoms with Crippen LogP contribution in [-0.4, -0.2) is 29.9 Å². The molecule has 0 unspecified atom stereocenters. The van der Waals surface area contributed by atoms with Gasteiger partial charge in [0.1, 0.15) is 0 Å². The highest BCUT2D eigenvalue weighted by molar-refractivity contribution is 6.30. The summed E-state index contributed by atoms with van der Waals surface area (Å²) in [6.45, 7) is 5.29. The normalized spacial score (nSPS) is 20.7. The first-order valence-corrected chi connectivity index (χ1v) is 9.09. The average molecular weight is 357 g/mol. The fourth-order valence-electron chi connectivity index (χ4n) is 3.71. The summed E-state index contributed by atoms with van der Waals surface area (Å²) < 4.78 is 0. The Morgan fingerprint density at radius 2 is 1.88 bits per heavy atom. The lowest BCUT2D eigenvalue weighted by atomic mass is 9.84. The number of amides is 1. The van der Waals surface area contributed by atoms with E-state index >= 15 is 0 Å². The summed E-state index contributed by atoms with van der Waals surface area (Å²) in [5, 5.41) is 0.702. The molecule has 0 saturated carbocycles. The van der Waals surface area contributed by atoms with Crippen molar-refractivity contribution in [3.8, 4) is 0 Å². The number of nitrogens with zero attached hydrogens (tertiary/aromatic N) is 1. The number of nitrogens with two attached hydrogens (primary N) is 1. The first-order chi connectivity index (χ1) is 11.9. The maximum absolute atomic E-state index is 13.1. The molecule has 1 amide bonds. The van der Waals surface area contributed by atoms with Gasteiger partial charge in [-0.1, -0.05) is 67.9 Å². The molecule has 132 valence electrons. The first-order valence-electron chi connectivity index (χ1n) is 8.71. The van der Waals surface area contributed by atoms with Crippen LogP contribution in [0.2, 0.25) is 5.02 Å². The zero-order chi connectivity index (χ0) is 18.0. The number of carbonyl (C=O) groups excluding carboxylic acids is 1. The summed E-state index contributed by atoms with van der Waals surface area (Å²) in [5.74, 6) is 0.355. The summed E-state index contributed by atoms with van der Waals surface area (Å²) in [7, 11) is 0. The van der Waals surface area contributed by atoms with Crippen molar-refractivity contribution in [2.24, 2.45) is 11.1 Å². The number of benzene rings is 2. The molecule has 0 bridgehead atoms. The highest BCUT2D eigenvalue weighted by Crippen LogP contribution is 2.32. The van der Waals surface area contributed by atoms with Crippen molar-refractivity contribution < 1.29 is 4.79 Å². The predicted molar refractivity (Wildman–Crippen MR) is 103 cm³/mol. The molecule has 0 aromatic heterocycles. The van der Waals surface area contributed by atoms with Crippen LogP contribution in [0.1, 0.15) is 30.9 Å². The SMILES string of the molecule is CC(C)(Cc1cccc(Cl)c1)C(=O)N1C[C@@H](N)[C@H](c2ccccc2)C1. The summed E-state index contributed by atoms with van der Waals surface area (Å²) in [5.41, 5.74) is 8.14. The number of carbonyl (C=O) groups is 1. The number of halogens is 1. The Hall–Kier alpha value is -1.84. The van der Waals surface area contributed by atoms with Crippen LogP contribution in [0.5, 0.6) is 0 Å². The molecule has 0 spiro atoms. The minimum Gasteiger partial charge on any atom is -0.340 e. The molecule has 2 aromatic rings. The number of rotatable bonds is 4. The van der Waals surface area contributed by atoms with E-state index in [4.69, 9.17) is 17.3 Å². The van der Waals surface area contributed by atoms with E-state index in [1.165, 1.54) is 5.56 Å². The van der Waals surface area contributed by atoms with Crippen LogP contribution in [-0.2, 0) is 11.2 Å². The van der Waals surface area contributed by atoms with Crippen LogP contribution < -0.4 is 5.73 Å². The molecule has 1 aliphatic rings. The van der Waals surface area contributed by atoms with Crippen LogP contribution in [0.25, 0.3) is 0 Å². The second-order valence-corrected chi connectivity index (χ2v) is 8.02. The molecule has 3 nitrogen and oxygen atoms in total. The third-order valence-electron chi connectivity index (χ3n) is 4.99. The topological polar surface area (TPSA) is 46.3 Å². The maximum Gasteiger partial charge on any atom is 0.228 e. The van der Waals surface area contributed by atoms with E-state index in [1.54, 1.807) is 0 Å². The lowest BCUT2D eigenvalue weighted by Crippen LogP contribution is -2.41. The minimum atomic E-state index is -0.490. The molecule has 2 atom stereocenters. The summed E-state index contributed by atoms with van der Waals surface area (Å²) in [6, 6.07) is 17.9. The fraction of sp³-hybridized carbons (Fsp3) is 0.381. The highest BCUT2D eigenvalue weighted by Gasteiger charge is 2.39. The molecule has 0 aliphatic carbocycles. The van der Waals surface area contributed by atoms with Gasteiger partial charge < -0.3 is 10.6 Å². The third-order valence-corrected chi connectivity index (χ3v) is 5.23.